The van der Waals surface area contributed by atoms with E-state index in [0.717, 1.165) is 12.3 Å². The molecule has 0 aromatic rings. The molecule has 0 unspecified atom stereocenters. The summed E-state index contributed by atoms with van der Waals surface area (Å²) in [6.45, 7) is 1.60. The second kappa shape index (κ2) is 4.72. The molecule has 0 atom stereocenters. The summed E-state index contributed by atoms with van der Waals surface area (Å²) in [5, 5.41) is 0. The normalized spacial score (nSPS) is 14.9. The molecule has 0 spiro atoms. The average Bonchev–Trinajstić information content (AvgIpc) is 1.93. The summed E-state index contributed by atoms with van der Waals surface area (Å²) >= 11 is 0. The van der Waals surface area contributed by atoms with Crippen molar-refractivity contribution in [2.24, 2.45) is 0 Å². The minimum absolute atomic E-state index is 0.127. The Morgan fingerprint density at radius 3 is 2.07 bits per heavy atom. The zero-order valence-corrected chi connectivity index (χ0v) is 9.47. The molecule has 0 aromatic carbocycles. The molecule has 0 aliphatic carbocycles. The van der Waals surface area contributed by atoms with Crippen molar-refractivity contribution in [1.29, 1.82) is 0 Å². The molecule has 0 fully saturated rings. The summed E-state index contributed by atoms with van der Waals surface area (Å²) in [5.74, 6) is -0.709. The highest BCUT2D eigenvalue weighted by Gasteiger charge is 2.09. The molecule has 0 bridgehead atoms. The monoisotopic (exact) mass is 240 g/mol. The minimum atomic E-state index is -4.17. The third kappa shape index (κ3) is 5.90. The van der Waals surface area contributed by atoms with Crippen molar-refractivity contribution in [3.8, 4) is 0 Å². The molecule has 0 amide bonds. The van der Waals surface area contributed by atoms with Crippen LogP contribution in [0.3, 0.4) is 0 Å². The van der Waals surface area contributed by atoms with Gasteiger partial charge in [-0.25, -0.2) is 8.42 Å². The Bertz CT molecular complexity index is 438. The number of hydrogen-bond acceptors (Lipinski definition) is 4. The van der Waals surface area contributed by atoms with Gasteiger partial charge >= 0.3 is 0 Å². The first kappa shape index (κ1) is 13.3. The van der Waals surface area contributed by atoms with Gasteiger partial charge in [0.2, 0.25) is 0 Å². The van der Waals surface area contributed by atoms with E-state index in [0.29, 0.717) is 0 Å². The number of rotatable bonds is 4. The molecule has 0 saturated heterocycles. The van der Waals surface area contributed by atoms with Crippen LogP contribution in [-0.2, 0) is 20.0 Å². The van der Waals surface area contributed by atoms with E-state index in [1.807, 2.05) is 0 Å². The molecular weight excluding hydrogens is 228 g/mol. The molecular formula is C7H12O5S2. The topological polar surface area (TPSA) is 88.5 Å². The highest BCUT2D eigenvalue weighted by molar-refractivity contribution is 7.94. The van der Waals surface area contributed by atoms with E-state index in [4.69, 9.17) is 4.55 Å². The largest absolute Gasteiger partial charge is 0.285 e. The molecule has 0 radical (unpaired) electrons. The van der Waals surface area contributed by atoms with Gasteiger partial charge in [0.25, 0.3) is 10.1 Å². The van der Waals surface area contributed by atoms with Crippen LogP contribution in [0.1, 0.15) is 6.92 Å². The first-order valence-electron chi connectivity index (χ1n) is 3.65. The van der Waals surface area contributed by atoms with E-state index in [1.165, 1.54) is 12.2 Å². The highest BCUT2D eigenvalue weighted by Crippen LogP contribution is 2.06. The maximum absolute atomic E-state index is 11.0. The van der Waals surface area contributed by atoms with Crippen LogP contribution < -0.4 is 0 Å². The van der Waals surface area contributed by atoms with Crippen LogP contribution in [-0.4, -0.2) is 33.4 Å². The Morgan fingerprint density at radius 1 is 1.29 bits per heavy atom. The first-order valence-corrected chi connectivity index (χ1v) is 7.15. The van der Waals surface area contributed by atoms with Crippen LogP contribution in [0.2, 0.25) is 0 Å². The van der Waals surface area contributed by atoms with Gasteiger partial charge in [-0.2, -0.15) is 8.42 Å². The molecule has 0 aromatic heterocycles. The van der Waals surface area contributed by atoms with Gasteiger partial charge in [-0.3, -0.25) is 4.55 Å². The van der Waals surface area contributed by atoms with Crippen LogP contribution in [0.4, 0.5) is 0 Å². The van der Waals surface area contributed by atoms with Crippen molar-refractivity contribution in [2.75, 3.05) is 12.0 Å². The summed E-state index contributed by atoms with van der Waals surface area (Å²) in [6, 6.07) is 0. The molecule has 1 N–H and O–H groups in total. The SMILES string of the molecule is CC=CC(=CCS(=O)(=O)O)S(C)(=O)=O. The van der Waals surface area contributed by atoms with Gasteiger partial charge in [0.15, 0.2) is 9.84 Å². The summed E-state index contributed by atoms with van der Waals surface area (Å²) < 4.78 is 51.2. The summed E-state index contributed by atoms with van der Waals surface area (Å²) in [4.78, 5) is -0.127. The van der Waals surface area contributed by atoms with Crippen LogP contribution in [0, 0.1) is 0 Å². The smallest absolute Gasteiger partial charge is 0.268 e. The fourth-order valence-corrected chi connectivity index (χ4v) is 1.96. The lowest BCUT2D eigenvalue weighted by atomic mass is 10.4. The van der Waals surface area contributed by atoms with Crippen molar-refractivity contribution in [1.82, 2.24) is 0 Å². The van der Waals surface area contributed by atoms with Crippen LogP contribution in [0.25, 0.3) is 0 Å². The van der Waals surface area contributed by atoms with E-state index in [2.05, 4.69) is 0 Å². The Hall–Kier alpha value is -0.660. The maximum Gasteiger partial charge on any atom is 0.268 e. The Labute approximate surface area is 83.8 Å². The average molecular weight is 240 g/mol. The molecule has 0 aliphatic rings. The van der Waals surface area contributed by atoms with Gasteiger partial charge in [-0.05, 0) is 19.1 Å². The van der Waals surface area contributed by atoms with E-state index in [9.17, 15) is 16.8 Å². The lowest BCUT2D eigenvalue weighted by Crippen LogP contribution is -2.05. The summed E-state index contributed by atoms with van der Waals surface area (Å²) in [6.07, 6.45) is 4.64. The molecule has 14 heavy (non-hydrogen) atoms. The standard InChI is InChI=1S/C7H12O5S2/c1-3-4-7(13(2,8)9)5-6-14(10,11)12/h3-5H,6H2,1-2H3,(H,10,11,12). The van der Waals surface area contributed by atoms with E-state index in [1.54, 1.807) is 6.92 Å². The molecule has 5 nitrogen and oxygen atoms in total. The third-order valence-electron chi connectivity index (χ3n) is 1.25. The van der Waals surface area contributed by atoms with Gasteiger partial charge in [0.05, 0.1) is 10.7 Å². The summed E-state index contributed by atoms with van der Waals surface area (Å²) in [5.41, 5.74) is 0. The zero-order valence-electron chi connectivity index (χ0n) is 7.84. The predicted molar refractivity (Wildman–Crippen MR) is 54.2 cm³/mol. The van der Waals surface area contributed by atoms with Gasteiger partial charge in [0.1, 0.15) is 0 Å². The number of allylic oxidation sites excluding steroid dienone is 2. The number of sulfone groups is 1. The van der Waals surface area contributed by atoms with Crippen molar-refractivity contribution in [2.45, 2.75) is 6.92 Å². The molecule has 0 rings (SSSR count). The van der Waals surface area contributed by atoms with Gasteiger partial charge in [-0.15, -0.1) is 0 Å². The maximum atomic E-state index is 11.0. The fourth-order valence-electron chi connectivity index (χ4n) is 0.695. The fraction of sp³-hybridized carbons (Fsp3) is 0.429. The lowest BCUT2D eigenvalue weighted by molar-refractivity contribution is 0.486. The van der Waals surface area contributed by atoms with Crippen molar-refractivity contribution < 1.29 is 21.4 Å². The quantitative estimate of drug-likeness (QED) is 0.567. The van der Waals surface area contributed by atoms with Gasteiger partial charge in [-0.1, -0.05) is 6.08 Å². The summed E-state index contributed by atoms with van der Waals surface area (Å²) in [7, 11) is -7.62. The molecule has 0 heterocycles. The number of hydrogen-bond donors (Lipinski definition) is 1. The molecule has 7 heteroatoms. The molecule has 0 aliphatic heterocycles. The third-order valence-corrected chi connectivity index (χ3v) is 3.00. The van der Waals surface area contributed by atoms with Crippen LogP contribution >= 0.6 is 0 Å². The predicted octanol–water partition coefficient (Wildman–Crippen LogP) is 0.379. The highest BCUT2D eigenvalue weighted by atomic mass is 32.2. The first-order chi connectivity index (χ1) is 6.17. The Balaban J connectivity index is 5.06. The van der Waals surface area contributed by atoms with Crippen LogP contribution in [0.5, 0.6) is 0 Å². The van der Waals surface area contributed by atoms with E-state index in [-0.39, 0.29) is 4.91 Å². The van der Waals surface area contributed by atoms with Gasteiger partial charge in [0, 0.05) is 6.26 Å². The second-order valence-corrected chi connectivity index (χ2v) is 6.14. The lowest BCUT2D eigenvalue weighted by Gasteiger charge is -1.97. The molecule has 82 valence electrons. The second-order valence-electron chi connectivity index (χ2n) is 2.63. The van der Waals surface area contributed by atoms with E-state index < -0.39 is 25.7 Å². The van der Waals surface area contributed by atoms with E-state index >= 15 is 0 Å². The molecule has 0 saturated carbocycles. The van der Waals surface area contributed by atoms with Crippen molar-refractivity contribution in [3.05, 3.63) is 23.1 Å². The van der Waals surface area contributed by atoms with Crippen molar-refractivity contribution >= 4 is 20.0 Å². The Morgan fingerprint density at radius 2 is 1.79 bits per heavy atom. The van der Waals surface area contributed by atoms with Crippen LogP contribution in [0.15, 0.2) is 23.1 Å². The Kier molecular flexibility index (Phi) is 4.50. The zero-order chi connectivity index (χ0) is 11.4. The van der Waals surface area contributed by atoms with Gasteiger partial charge < -0.3 is 0 Å². The minimum Gasteiger partial charge on any atom is -0.285 e. The van der Waals surface area contributed by atoms with Crippen molar-refractivity contribution in [3.63, 3.8) is 0 Å².